The Kier molecular flexibility index (Phi) is 8.77. The van der Waals surface area contributed by atoms with E-state index in [0.29, 0.717) is 5.56 Å². The van der Waals surface area contributed by atoms with Gasteiger partial charge in [0.15, 0.2) is 0 Å². The van der Waals surface area contributed by atoms with Crippen LogP contribution in [-0.2, 0) is 0 Å². The van der Waals surface area contributed by atoms with E-state index in [-0.39, 0.29) is 0 Å². The summed E-state index contributed by atoms with van der Waals surface area (Å²) in [6, 6.07) is 71.7. The molecule has 0 atom stereocenters. The van der Waals surface area contributed by atoms with Gasteiger partial charge in [-0.2, -0.15) is 5.26 Å². The van der Waals surface area contributed by atoms with Gasteiger partial charge in [0.2, 0.25) is 0 Å². The first-order valence-electron chi connectivity index (χ1n) is 21.3. The van der Waals surface area contributed by atoms with Gasteiger partial charge in [-0.1, -0.05) is 146 Å². The zero-order chi connectivity index (χ0) is 42.6. The van der Waals surface area contributed by atoms with Crippen LogP contribution >= 0.6 is 0 Å². The summed E-state index contributed by atoms with van der Waals surface area (Å²) in [5, 5.41) is 14.7. The van der Waals surface area contributed by atoms with Gasteiger partial charge in [-0.3, -0.25) is 14.5 Å². The molecule has 0 amide bonds. The molecule has 64 heavy (non-hydrogen) atoms. The van der Waals surface area contributed by atoms with Gasteiger partial charge < -0.3 is 4.57 Å². The molecule has 0 aliphatic rings. The minimum absolute atomic E-state index is 0.589. The Bertz CT molecular complexity index is 3770. The lowest BCUT2D eigenvalue weighted by Gasteiger charge is -2.17. The van der Waals surface area contributed by atoms with E-state index in [2.05, 4.69) is 161 Å². The summed E-state index contributed by atoms with van der Waals surface area (Å²) in [7, 11) is 0. The normalized spacial score (nSPS) is 11.4. The Morgan fingerprint density at radius 3 is 1.41 bits per heavy atom. The molecule has 0 aliphatic carbocycles. The quantitative estimate of drug-likeness (QED) is 0.161. The van der Waals surface area contributed by atoms with Crippen LogP contribution in [0.2, 0.25) is 0 Å². The number of hydrogen-bond donors (Lipinski definition) is 0. The molecule has 6 nitrogen and oxygen atoms in total. The predicted molar refractivity (Wildman–Crippen MR) is 260 cm³/mol. The van der Waals surface area contributed by atoms with Gasteiger partial charge in [0.25, 0.3) is 0 Å². The maximum Gasteiger partial charge on any atom is 0.138 e. The van der Waals surface area contributed by atoms with Crippen molar-refractivity contribution in [2.75, 3.05) is 0 Å². The molecule has 12 rings (SSSR count). The van der Waals surface area contributed by atoms with Crippen LogP contribution in [0.1, 0.15) is 5.56 Å². The summed E-state index contributed by atoms with van der Waals surface area (Å²) < 4.78 is 4.58. The van der Waals surface area contributed by atoms with Crippen molar-refractivity contribution in [3.8, 4) is 73.5 Å². The largest absolute Gasteiger partial charge is 0.307 e. The van der Waals surface area contributed by atoms with Gasteiger partial charge in [-0.25, -0.2) is 4.98 Å². The number of fused-ring (bicyclic) bond motifs is 6. The van der Waals surface area contributed by atoms with E-state index in [1.165, 1.54) is 0 Å². The fraction of sp³-hybridized carbons (Fsp3) is 0. The number of pyridine rings is 3. The highest BCUT2D eigenvalue weighted by molar-refractivity contribution is 6.12. The van der Waals surface area contributed by atoms with Crippen molar-refractivity contribution in [1.29, 1.82) is 5.26 Å². The molecular formula is C58H36N6. The highest BCUT2D eigenvalue weighted by Crippen LogP contribution is 2.40. The summed E-state index contributed by atoms with van der Waals surface area (Å²) in [6.45, 7) is 0. The molecule has 0 spiro atoms. The molecule has 0 unspecified atom stereocenters. The SMILES string of the molecule is N#Cc1cccc(-c2cc(-n3c4ccccc4c4ccc(-c5ccc(-c6ccccc6)nc5)cc43)ncc2-n2c3ccccc3c3ccc(-c4ccc(-c5ccccc5)nc4)cc32)c1. The average Bonchev–Trinajstić information content (AvgIpc) is 3.89. The molecule has 5 heterocycles. The molecule has 0 N–H and O–H groups in total. The molecule has 0 saturated heterocycles. The average molecular weight is 817 g/mol. The van der Waals surface area contributed by atoms with Crippen molar-refractivity contribution in [2.24, 2.45) is 0 Å². The van der Waals surface area contributed by atoms with Crippen molar-refractivity contribution >= 4 is 43.6 Å². The molecule has 5 aromatic heterocycles. The molecule has 6 heteroatoms. The monoisotopic (exact) mass is 816 g/mol. The summed E-state index contributed by atoms with van der Waals surface area (Å²) in [5.41, 5.74) is 15.8. The molecule has 298 valence electrons. The third-order valence-corrected chi connectivity index (χ3v) is 12.3. The fourth-order valence-electron chi connectivity index (χ4n) is 9.22. The Balaban J connectivity index is 1.05. The molecule has 0 bridgehead atoms. The second kappa shape index (κ2) is 15.2. The predicted octanol–water partition coefficient (Wildman–Crippen LogP) is 14.3. The number of benzene rings is 7. The van der Waals surface area contributed by atoms with Gasteiger partial charge in [-0.15, -0.1) is 0 Å². The number of para-hydroxylation sites is 2. The van der Waals surface area contributed by atoms with Crippen LogP contribution in [0.4, 0.5) is 0 Å². The van der Waals surface area contributed by atoms with E-state index in [0.717, 1.165) is 111 Å². The minimum Gasteiger partial charge on any atom is -0.307 e. The van der Waals surface area contributed by atoms with Gasteiger partial charge in [0.05, 0.1) is 57.0 Å². The number of aromatic nitrogens is 5. The zero-order valence-electron chi connectivity index (χ0n) is 34.5. The maximum absolute atomic E-state index is 10.1. The molecule has 7 aromatic carbocycles. The smallest absolute Gasteiger partial charge is 0.138 e. The number of rotatable bonds is 7. The lowest BCUT2D eigenvalue weighted by atomic mass is 10.0. The topological polar surface area (TPSA) is 72.3 Å². The van der Waals surface area contributed by atoms with E-state index >= 15 is 0 Å². The van der Waals surface area contributed by atoms with Crippen LogP contribution in [-0.4, -0.2) is 24.1 Å². The number of nitriles is 1. The summed E-state index contributed by atoms with van der Waals surface area (Å²) in [4.78, 5) is 15.1. The van der Waals surface area contributed by atoms with E-state index in [1.807, 2.05) is 73.2 Å². The first-order chi connectivity index (χ1) is 31.7. The molecule has 0 fully saturated rings. The summed E-state index contributed by atoms with van der Waals surface area (Å²) in [6.07, 6.45) is 5.91. The maximum atomic E-state index is 10.1. The molecular weight excluding hydrogens is 781 g/mol. The van der Waals surface area contributed by atoms with Crippen molar-refractivity contribution in [1.82, 2.24) is 24.1 Å². The summed E-state index contributed by atoms with van der Waals surface area (Å²) in [5.74, 6) is 0.771. The zero-order valence-corrected chi connectivity index (χ0v) is 34.5. The fourth-order valence-corrected chi connectivity index (χ4v) is 9.22. The Labute approximate surface area is 369 Å². The first kappa shape index (κ1) is 36.9. The van der Waals surface area contributed by atoms with Gasteiger partial charge in [-0.05, 0) is 71.3 Å². The van der Waals surface area contributed by atoms with E-state index < -0.39 is 0 Å². The third-order valence-electron chi connectivity index (χ3n) is 12.3. The molecule has 0 saturated carbocycles. The van der Waals surface area contributed by atoms with Crippen LogP contribution in [0.5, 0.6) is 0 Å². The number of nitrogens with zero attached hydrogens (tertiary/aromatic N) is 6. The highest BCUT2D eigenvalue weighted by atomic mass is 15.1. The second-order valence-corrected chi connectivity index (χ2v) is 16.0. The van der Waals surface area contributed by atoms with Crippen molar-refractivity contribution in [3.05, 3.63) is 224 Å². The minimum atomic E-state index is 0.589. The van der Waals surface area contributed by atoms with Gasteiger partial charge in [0.1, 0.15) is 5.82 Å². The van der Waals surface area contributed by atoms with Crippen LogP contribution in [0.25, 0.3) is 111 Å². The molecule has 0 aliphatic heterocycles. The van der Waals surface area contributed by atoms with Crippen molar-refractivity contribution in [3.63, 3.8) is 0 Å². The lowest BCUT2D eigenvalue weighted by molar-refractivity contribution is 1.06. The van der Waals surface area contributed by atoms with Crippen LogP contribution < -0.4 is 0 Å². The van der Waals surface area contributed by atoms with Gasteiger partial charge >= 0.3 is 0 Å². The van der Waals surface area contributed by atoms with Crippen LogP contribution in [0.3, 0.4) is 0 Å². The molecule has 0 radical (unpaired) electrons. The van der Waals surface area contributed by atoms with E-state index in [4.69, 9.17) is 15.0 Å². The standard InChI is InChI=1S/C58H36N6/c59-34-38-12-11-17-43(30-38)50-33-58(64-54-21-10-8-19-47(54)49-27-23-42(32-56(49)64)45-25-29-52(61-36-45)40-15-5-2-6-16-40)62-37-57(50)63-53-20-9-7-18-46(53)48-26-22-41(31-55(48)63)44-24-28-51(60-35-44)39-13-3-1-4-14-39/h1-33,35-37H. The van der Waals surface area contributed by atoms with E-state index in [9.17, 15) is 5.26 Å². The van der Waals surface area contributed by atoms with Gasteiger partial charge in [0, 0.05) is 61.8 Å². The Hall–Kier alpha value is -8.92. The third kappa shape index (κ3) is 6.22. The Morgan fingerprint density at radius 2 is 0.844 bits per heavy atom. The Morgan fingerprint density at radius 1 is 0.344 bits per heavy atom. The molecule has 12 aromatic rings. The van der Waals surface area contributed by atoms with Crippen LogP contribution in [0.15, 0.2) is 219 Å². The van der Waals surface area contributed by atoms with E-state index in [1.54, 1.807) is 0 Å². The van der Waals surface area contributed by atoms with Crippen molar-refractivity contribution in [2.45, 2.75) is 0 Å². The highest BCUT2D eigenvalue weighted by Gasteiger charge is 2.21. The van der Waals surface area contributed by atoms with Crippen LogP contribution in [0, 0.1) is 11.3 Å². The first-order valence-corrected chi connectivity index (χ1v) is 21.3. The van der Waals surface area contributed by atoms with Crippen molar-refractivity contribution < 1.29 is 0 Å². The number of hydrogen-bond acceptors (Lipinski definition) is 4. The summed E-state index contributed by atoms with van der Waals surface area (Å²) >= 11 is 0. The lowest BCUT2D eigenvalue weighted by Crippen LogP contribution is -2.03. The second-order valence-electron chi connectivity index (χ2n) is 16.0.